The number of nitrogens with zero attached hydrogens (tertiary/aromatic N) is 2. The van der Waals surface area contributed by atoms with Gasteiger partial charge in [0.2, 0.25) is 0 Å². The molecule has 2 amide bonds. The van der Waals surface area contributed by atoms with Gasteiger partial charge in [0, 0.05) is 37.0 Å². The van der Waals surface area contributed by atoms with Gasteiger partial charge in [0.1, 0.15) is 0 Å². The lowest BCUT2D eigenvalue weighted by atomic mass is 9.85. The van der Waals surface area contributed by atoms with Crippen molar-refractivity contribution < 1.29 is 13.9 Å². The molecule has 244 valence electrons. The maximum atomic E-state index is 13.6. The molecule has 0 bridgehead atoms. The molecule has 2 saturated heterocycles. The Balaban J connectivity index is 1.11. The highest BCUT2D eigenvalue weighted by Gasteiger charge is 2.22. The summed E-state index contributed by atoms with van der Waals surface area (Å²) in [5.74, 6) is 0. The second-order valence-electron chi connectivity index (χ2n) is 14.1. The van der Waals surface area contributed by atoms with Crippen molar-refractivity contribution in [1.82, 2.24) is 9.80 Å². The summed E-state index contributed by atoms with van der Waals surface area (Å²) in [7, 11) is 0. The van der Waals surface area contributed by atoms with Gasteiger partial charge in [-0.3, -0.25) is 4.90 Å². The number of anilines is 2. The number of carbonyl (C=O) groups excluding carboxylic acids is 1. The van der Waals surface area contributed by atoms with E-state index in [4.69, 9.17) is 9.15 Å². The van der Waals surface area contributed by atoms with Crippen LogP contribution in [0.25, 0.3) is 32.9 Å². The first-order valence-corrected chi connectivity index (χ1v) is 17.1. The number of benzene rings is 4. The van der Waals surface area contributed by atoms with E-state index >= 15 is 0 Å². The Morgan fingerprint density at radius 3 is 2.26 bits per heavy atom. The topological polar surface area (TPSA) is 70.0 Å². The number of carbonyl (C=O) groups is 1. The SMILES string of the molecule is CC(C)(C)c1cc(NC(=O)Nc2ccc(-c3ccc(CN4CCOCC4)cc3)c3ccccc23)c2occ(CCN3CCCC3)c2c1. The molecule has 7 rings (SSSR count). The van der Waals surface area contributed by atoms with Crippen molar-refractivity contribution in [3.8, 4) is 11.1 Å². The van der Waals surface area contributed by atoms with Crippen LogP contribution in [-0.4, -0.2) is 61.8 Å². The molecule has 2 aliphatic rings. The molecule has 0 radical (unpaired) electrons. The van der Waals surface area contributed by atoms with Gasteiger partial charge in [-0.1, -0.05) is 75.4 Å². The van der Waals surface area contributed by atoms with Gasteiger partial charge in [0.05, 0.1) is 30.9 Å². The van der Waals surface area contributed by atoms with Crippen molar-refractivity contribution in [2.24, 2.45) is 0 Å². The lowest BCUT2D eigenvalue weighted by Gasteiger charge is -2.26. The van der Waals surface area contributed by atoms with Gasteiger partial charge in [-0.25, -0.2) is 4.79 Å². The number of rotatable bonds is 8. The molecule has 0 saturated carbocycles. The number of likely N-dealkylation sites (tertiary alicyclic amines) is 1. The molecular formula is C40H46N4O3. The summed E-state index contributed by atoms with van der Waals surface area (Å²) in [5, 5.41) is 9.46. The number of hydrogen-bond acceptors (Lipinski definition) is 5. The highest BCUT2D eigenvalue weighted by molar-refractivity contribution is 6.11. The molecule has 7 heteroatoms. The minimum absolute atomic E-state index is 0.0860. The standard InChI is InChI=1S/C40H46N4O3/c1-40(2,3)31-24-35-30(16-19-43-17-6-7-18-43)27-47-38(35)37(25-31)42-39(45)41-36-15-14-32(33-8-4-5-9-34(33)36)29-12-10-28(11-13-29)26-44-20-22-46-23-21-44/h4-5,8-15,24-25,27H,6-7,16-23,26H2,1-3H3,(H2,41,42,45). The summed E-state index contributed by atoms with van der Waals surface area (Å²) in [6.45, 7) is 14.5. The van der Waals surface area contributed by atoms with E-state index < -0.39 is 0 Å². The first-order chi connectivity index (χ1) is 22.8. The molecular weight excluding hydrogens is 584 g/mol. The average molecular weight is 631 g/mol. The second kappa shape index (κ2) is 13.5. The lowest BCUT2D eigenvalue weighted by Crippen LogP contribution is -2.35. The zero-order chi connectivity index (χ0) is 32.4. The summed E-state index contributed by atoms with van der Waals surface area (Å²) in [4.78, 5) is 18.6. The normalized spacial score (nSPS) is 16.2. The van der Waals surface area contributed by atoms with Gasteiger partial charge in [0.15, 0.2) is 5.58 Å². The quantitative estimate of drug-likeness (QED) is 0.180. The molecule has 0 unspecified atom stereocenters. The van der Waals surface area contributed by atoms with Gasteiger partial charge >= 0.3 is 6.03 Å². The van der Waals surface area contributed by atoms with Crippen LogP contribution in [0.2, 0.25) is 0 Å². The van der Waals surface area contributed by atoms with Gasteiger partial charge in [-0.2, -0.15) is 0 Å². The van der Waals surface area contributed by atoms with E-state index in [2.05, 4.69) is 102 Å². The molecule has 0 spiro atoms. The van der Waals surface area contributed by atoms with Crippen LogP contribution in [0.1, 0.15) is 50.3 Å². The van der Waals surface area contributed by atoms with Crippen LogP contribution in [0.3, 0.4) is 0 Å². The molecule has 0 atom stereocenters. The van der Waals surface area contributed by atoms with Gasteiger partial charge in [-0.15, -0.1) is 0 Å². The lowest BCUT2D eigenvalue weighted by molar-refractivity contribution is 0.0342. The van der Waals surface area contributed by atoms with Crippen LogP contribution in [0.15, 0.2) is 83.5 Å². The van der Waals surface area contributed by atoms with Crippen LogP contribution in [0.4, 0.5) is 16.2 Å². The smallest absolute Gasteiger partial charge is 0.323 e. The summed E-state index contributed by atoms with van der Waals surface area (Å²) in [6, 6.07) is 25.2. The molecule has 4 aromatic carbocycles. The zero-order valence-corrected chi connectivity index (χ0v) is 27.9. The number of fused-ring (bicyclic) bond motifs is 2. The summed E-state index contributed by atoms with van der Waals surface area (Å²) in [5.41, 5.74) is 8.04. The largest absolute Gasteiger partial charge is 0.462 e. The van der Waals surface area contributed by atoms with Crippen LogP contribution in [0.5, 0.6) is 0 Å². The number of hydrogen-bond donors (Lipinski definition) is 2. The van der Waals surface area contributed by atoms with Crippen LogP contribution >= 0.6 is 0 Å². The number of amides is 2. The second-order valence-corrected chi connectivity index (χ2v) is 14.1. The van der Waals surface area contributed by atoms with Crippen molar-refractivity contribution in [1.29, 1.82) is 0 Å². The molecule has 2 fully saturated rings. The van der Waals surface area contributed by atoms with Gasteiger partial charge in [0.25, 0.3) is 0 Å². The number of ether oxygens (including phenoxy) is 1. The fourth-order valence-electron chi connectivity index (χ4n) is 6.93. The van der Waals surface area contributed by atoms with Crippen molar-refractivity contribution in [3.63, 3.8) is 0 Å². The van der Waals surface area contributed by atoms with Gasteiger partial charge in [-0.05, 0) is 89.2 Å². The van der Waals surface area contributed by atoms with Crippen molar-refractivity contribution in [2.75, 3.05) is 56.6 Å². The molecule has 5 aromatic rings. The molecule has 0 aliphatic carbocycles. The minimum Gasteiger partial charge on any atom is -0.462 e. The van der Waals surface area contributed by atoms with Crippen LogP contribution in [0, 0.1) is 0 Å². The third-order valence-electron chi connectivity index (χ3n) is 9.71. The Bertz CT molecular complexity index is 1860. The van der Waals surface area contributed by atoms with E-state index in [1.54, 1.807) is 0 Å². The summed E-state index contributed by atoms with van der Waals surface area (Å²) >= 11 is 0. The number of furan rings is 1. The highest BCUT2D eigenvalue weighted by atomic mass is 16.5. The monoisotopic (exact) mass is 630 g/mol. The third kappa shape index (κ3) is 7.08. The molecule has 2 N–H and O–H groups in total. The maximum absolute atomic E-state index is 13.6. The van der Waals surface area contributed by atoms with Crippen LogP contribution < -0.4 is 10.6 Å². The van der Waals surface area contributed by atoms with Gasteiger partial charge < -0.3 is 24.7 Å². The maximum Gasteiger partial charge on any atom is 0.323 e. The first kappa shape index (κ1) is 31.4. The Labute approximate surface area is 277 Å². The average Bonchev–Trinajstić information content (AvgIpc) is 3.75. The predicted octanol–water partition coefficient (Wildman–Crippen LogP) is 8.67. The highest BCUT2D eigenvalue weighted by Crippen LogP contribution is 2.36. The van der Waals surface area contributed by atoms with Crippen molar-refractivity contribution in [3.05, 3.63) is 95.7 Å². The Hall–Kier alpha value is -4.17. The number of urea groups is 1. The fourth-order valence-corrected chi connectivity index (χ4v) is 6.93. The minimum atomic E-state index is -0.294. The molecule has 47 heavy (non-hydrogen) atoms. The van der Waals surface area contributed by atoms with Crippen molar-refractivity contribution in [2.45, 2.75) is 52.0 Å². The van der Waals surface area contributed by atoms with E-state index in [0.717, 1.165) is 89.9 Å². The van der Waals surface area contributed by atoms with E-state index in [1.807, 2.05) is 18.4 Å². The Kier molecular flexibility index (Phi) is 9.04. The predicted molar refractivity (Wildman–Crippen MR) is 192 cm³/mol. The Morgan fingerprint density at radius 1 is 0.787 bits per heavy atom. The number of morpholine rings is 1. The van der Waals surface area contributed by atoms with E-state index in [1.165, 1.54) is 37.1 Å². The number of nitrogens with one attached hydrogen (secondary N) is 2. The molecule has 3 heterocycles. The molecule has 7 nitrogen and oxygen atoms in total. The van der Waals surface area contributed by atoms with E-state index in [-0.39, 0.29) is 11.4 Å². The zero-order valence-electron chi connectivity index (χ0n) is 27.9. The molecule has 2 aliphatic heterocycles. The summed E-state index contributed by atoms with van der Waals surface area (Å²) < 4.78 is 11.6. The van der Waals surface area contributed by atoms with E-state index in [9.17, 15) is 4.79 Å². The van der Waals surface area contributed by atoms with Crippen LogP contribution in [-0.2, 0) is 23.1 Å². The summed E-state index contributed by atoms with van der Waals surface area (Å²) in [6.07, 6.45) is 5.37. The first-order valence-electron chi connectivity index (χ1n) is 17.1. The third-order valence-corrected chi connectivity index (χ3v) is 9.71. The van der Waals surface area contributed by atoms with Crippen molar-refractivity contribution >= 4 is 39.1 Å². The van der Waals surface area contributed by atoms with E-state index in [0.29, 0.717) is 5.69 Å². The Morgan fingerprint density at radius 2 is 1.51 bits per heavy atom. The molecule has 1 aromatic heterocycles. The fraction of sp³-hybridized carbons (Fsp3) is 0.375.